The number of hydrogen-bond acceptors (Lipinski definition) is 5. The van der Waals surface area contributed by atoms with Crippen molar-refractivity contribution in [2.45, 2.75) is 0 Å². The van der Waals surface area contributed by atoms with Crippen molar-refractivity contribution in [2.24, 2.45) is 0 Å². The van der Waals surface area contributed by atoms with E-state index in [-0.39, 0.29) is 24.1 Å². The van der Waals surface area contributed by atoms with E-state index in [4.69, 9.17) is 0 Å². The molecule has 1 aromatic carbocycles. The highest BCUT2D eigenvalue weighted by Crippen LogP contribution is 2.29. The lowest BCUT2D eigenvalue weighted by molar-refractivity contribution is -0.114. The lowest BCUT2D eigenvalue weighted by atomic mass is 10.3. The van der Waals surface area contributed by atoms with E-state index >= 15 is 0 Å². The molecular formula is C18H19ClFN3OS2. The summed E-state index contributed by atoms with van der Waals surface area (Å²) in [5.74, 6) is -0.429. The van der Waals surface area contributed by atoms with E-state index in [1.54, 1.807) is 28.4 Å². The fourth-order valence-corrected chi connectivity index (χ4v) is 3.87. The minimum absolute atomic E-state index is 0. The molecule has 0 saturated carbocycles. The summed E-state index contributed by atoms with van der Waals surface area (Å²) in [7, 11) is 3.91. The minimum Gasteiger partial charge on any atom is -0.308 e. The molecule has 0 N–H and O–H groups in total. The Balaban J connectivity index is 0.00000243. The minimum atomic E-state index is -0.300. The Morgan fingerprint density at radius 3 is 2.77 bits per heavy atom. The number of hydrogen-bond donors (Lipinski definition) is 0. The van der Waals surface area contributed by atoms with Crippen molar-refractivity contribution in [1.82, 2.24) is 9.88 Å². The number of rotatable bonds is 6. The quantitative estimate of drug-likeness (QED) is 0.559. The Hall–Kier alpha value is -1.80. The second-order valence-electron chi connectivity index (χ2n) is 5.75. The molecule has 0 radical (unpaired) electrons. The zero-order valence-corrected chi connectivity index (χ0v) is 16.8. The van der Waals surface area contributed by atoms with Crippen LogP contribution in [0.3, 0.4) is 0 Å². The summed E-state index contributed by atoms with van der Waals surface area (Å²) in [4.78, 5) is 21.9. The fraction of sp³-hybridized carbons (Fsp3) is 0.222. The van der Waals surface area contributed by atoms with Gasteiger partial charge in [0.25, 0.3) is 5.91 Å². The largest absolute Gasteiger partial charge is 0.308 e. The molecule has 0 aliphatic carbocycles. The van der Waals surface area contributed by atoms with E-state index in [1.165, 1.54) is 23.5 Å². The molecule has 4 nitrogen and oxygen atoms in total. The first-order valence-corrected chi connectivity index (χ1v) is 9.46. The average Bonchev–Trinajstić information content (AvgIpc) is 3.21. The summed E-state index contributed by atoms with van der Waals surface area (Å²) in [6.45, 7) is 1.23. The molecule has 0 aliphatic heterocycles. The normalized spacial score (nSPS) is 11.2. The molecule has 8 heteroatoms. The average molecular weight is 412 g/mol. The van der Waals surface area contributed by atoms with Crippen LogP contribution in [0, 0.1) is 5.82 Å². The zero-order chi connectivity index (χ0) is 17.8. The summed E-state index contributed by atoms with van der Waals surface area (Å²) >= 11 is 2.90. The topological polar surface area (TPSA) is 36.4 Å². The third-order valence-corrected chi connectivity index (χ3v) is 5.42. The molecule has 0 aliphatic rings. The van der Waals surface area contributed by atoms with Crippen molar-refractivity contribution in [3.05, 3.63) is 52.5 Å². The number of likely N-dealkylation sites (N-methyl/N-ethyl adjacent to an activating group) is 1. The number of aromatic nitrogens is 1. The maximum Gasteiger partial charge on any atom is 0.252 e. The van der Waals surface area contributed by atoms with Crippen LogP contribution in [0.25, 0.3) is 16.3 Å². The van der Waals surface area contributed by atoms with Crippen molar-refractivity contribution in [1.29, 1.82) is 0 Å². The number of fused-ring (bicyclic) bond motifs is 1. The van der Waals surface area contributed by atoms with Gasteiger partial charge in [-0.15, -0.1) is 23.7 Å². The standard InChI is InChI=1S/C18H18FN3OS2.ClH/c1-21(2)9-10-22(17(23)8-6-14-4-3-11-24-14)18-20-15-7-5-13(19)12-16(15)25-18;/h3-8,11-12H,9-10H2,1-2H3;1H/b8-6+;. The Morgan fingerprint density at radius 1 is 1.27 bits per heavy atom. The van der Waals surface area contributed by atoms with Crippen LogP contribution < -0.4 is 4.90 Å². The third kappa shape index (κ3) is 5.11. The predicted octanol–water partition coefficient (Wildman–Crippen LogP) is 4.53. The number of thiophene rings is 1. The lowest BCUT2D eigenvalue weighted by Crippen LogP contribution is -2.35. The second-order valence-corrected chi connectivity index (χ2v) is 7.74. The van der Waals surface area contributed by atoms with E-state index in [9.17, 15) is 9.18 Å². The van der Waals surface area contributed by atoms with Gasteiger partial charge < -0.3 is 4.90 Å². The van der Waals surface area contributed by atoms with E-state index < -0.39 is 0 Å². The van der Waals surface area contributed by atoms with Gasteiger partial charge in [0.15, 0.2) is 5.13 Å². The van der Waals surface area contributed by atoms with Crippen molar-refractivity contribution in [3.63, 3.8) is 0 Å². The van der Waals surface area contributed by atoms with Crippen molar-refractivity contribution in [3.8, 4) is 0 Å². The van der Waals surface area contributed by atoms with E-state index in [0.717, 1.165) is 9.58 Å². The Kier molecular flexibility index (Phi) is 7.28. The summed E-state index contributed by atoms with van der Waals surface area (Å²) in [5.41, 5.74) is 0.700. The van der Waals surface area contributed by atoms with E-state index in [1.807, 2.05) is 42.6 Å². The van der Waals surface area contributed by atoms with Crippen LogP contribution in [0.15, 0.2) is 41.8 Å². The predicted molar refractivity (Wildman–Crippen MR) is 111 cm³/mol. The van der Waals surface area contributed by atoms with Crippen molar-refractivity contribution >= 4 is 62.4 Å². The number of amides is 1. The maximum atomic E-state index is 13.4. The van der Waals surface area contributed by atoms with Crippen LogP contribution in [0.4, 0.5) is 9.52 Å². The van der Waals surface area contributed by atoms with Gasteiger partial charge in [-0.3, -0.25) is 9.69 Å². The highest BCUT2D eigenvalue weighted by atomic mass is 35.5. The van der Waals surface area contributed by atoms with Crippen LogP contribution in [-0.2, 0) is 4.79 Å². The van der Waals surface area contributed by atoms with Crippen LogP contribution in [0.2, 0.25) is 0 Å². The maximum absolute atomic E-state index is 13.4. The van der Waals surface area contributed by atoms with Crippen LogP contribution in [-0.4, -0.2) is 43.0 Å². The van der Waals surface area contributed by atoms with Crippen molar-refractivity contribution < 1.29 is 9.18 Å². The lowest BCUT2D eigenvalue weighted by Gasteiger charge is -2.20. The molecule has 3 aromatic rings. The molecule has 2 heterocycles. The molecule has 0 bridgehead atoms. The number of nitrogens with zero attached hydrogens (tertiary/aromatic N) is 3. The fourth-order valence-electron chi connectivity index (χ4n) is 2.23. The van der Waals surface area contributed by atoms with Gasteiger partial charge in [-0.25, -0.2) is 9.37 Å². The molecule has 138 valence electrons. The van der Waals surface area contributed by atoms with Gasteiger partial charge in [-0.2, -0.15) is 0 Å². The summed E-state index contributed by atoms with van der Waals surface area (Å²) in [6.07, 6.45) is 3.37. The molecule has 0 spiro atoms. The summed E-state index contributed by atoms with van der Waals surface area (Å²) in [6, 6.07) is 8.38. The number of thiazole rings is 1. The van der Waals surface area contributed by atoms with E-state index in [2.05, 4.69) is 4.98 Å². The second kappa shape index (κ2) is 9.23. The number of anilines is 1. The monoisotopic (exact) mass is 411 g/mol. The molecule has 0 unspecified atom stereocenters. The highest BCUT2D eigenvalue weighted by molar-refractivity contribution is 7.22. The van der Waals surface area contributed by atoms with Crippen LogP contribution in [0.5, 0.6) is 0 Å². The van der Waals surface area contributed by atoms with Gasteiger partial charge in [0, 0.05) is 24.0 Å². The first-order valence-electron chi connectivity index (χ1n) is 7.77. The van der Waals surface area contributed by atoms with Gasteiger partial charge in [0.2, 0.25) is 0 Å². The highest BCUT2D eigenvalue weighted by Gasteiger charge is 2.18. The molecule has 2 aromatic heterocycles. The van der Waals surface area contributed by atoms with Crippen LogP contribution in [0.1, 0.15) is 4.88 Å². The van der Waals surface area contributed by atoms with Gasteiger partial charge in [0.05, 0.1) is 10.2 Å². The smallest absolute Gasteiger partial charge is 0.252 e. The van der Waals surface area contributed by atoms with Gasteiger partial charge in [0.1, 0.15) is 5.82 Å². The first kappa shape index (κ1) is 20.5. The third-order valence-electron chi connectivity index (χ3n) is 3.54. The number of benzene rings is 1. The molecule has 26 heavy (non-hydrogen) atoms. The number of carbonyl (C=O) groups is 1. The molecule has 0 atom stereocenters. The van der Waals surface area contributed by atoms with Gasteiger partial charge in [-0.05, 0) is 49.8 Å². The first-order chi connectivity index (χ1) is 12.0. The molecule has 3 rings (SSSR count). The van der Waals surface area contributed by atoms with Crippen molar-refractivity contribution in [2.75, 3.05) is 32.1 Å². The van der Waals surface area contributed by atoms with E-state index in [0.29, 0.717) is 23.7 Å². The molecule has 0 fully saturated rings. The summed E-state index contributed by atoms with van der Waals surface area (Å²) in [5, 5.41) is 2.55. The molecule has 0 saturated heterocycles. The SMILES string of the molecule is CN(C)CCN(C(=O)/C=C/c1cccs1)c1nc2ccc(F)cc2s1.Cl. The number of halogens is 2. The zero-order valence-electron chi connectivity index (χ0n) is 14.4. The molecular weight excluding hydrogens is 393 g/mol. The summed E-state index contributed by atoms with van der Waals surface area (Å²) < 4.78 is 14.2. The Bertz CT molecular complexity index is 893. The van der Waals surface area contributed by atoms with Gasteiger partial charge >= 0.3 is 0 Å². The van der Waals surface area contributed by atoms with Gasteiger partial charge in [-0.1, -0.05) is 17.4 Å². The Labute approximate surface area is 166 Å². The Morgan fingerprint density at radius 2 is 2.08 bits per heavy atom. The molecule has 1 amide bonds. The van der Waals surface area contributed by atoms with Crippen LogP contribution >= 0.6 is 35.1 Å². The number of carbonyl (C=O) groups excluding carboxylic acids is 1.